The molecule has 0 nitrogen and oxygen atoms in total. The molecule has 88 valence electrons. The summed E-state index contributed by atoms with van der Waals surface area (Å²) in [5, 5.41) is 0. The molecule has 0 bridgehead atoms. The summed E-state index contributed by atoms with van der Waals surface area (Å²) in [4.78, 5) is 0. The first-order valence-corrected chi connectivity index (χ1v) is 6.59. The SMILES string of the molecule is C=C(Br)C(CCc1ccccc1)C(C)(C)C. The van der Waals surface area contributed by atoms with Crippen LogP contribution in [0.3, 0.4) is 0 Å². The molecular formula is C15H21Br. The molecule has 1 aromatic rings. The first kappa shape index (κ1) is 13.5. The summed E-state index contributed by atoms with van der Waals surface area (Å²) >= 11 is 3.56. The quantitative estimate of drug-likeness (QED) is 0.712. The highest BCUT2D eigenvalue weighted by Crippen LogP contribution is 2.37. The Morgan fingerprint density at radius 2 is 1.81 bits per heavy atom. The predicted octanol–water partition coefficient (Wildman–Crippen LogP) is 5.19. The third-order valence-corrected chi connectivity index (χ3v) is 3.54. The van der Waals surface area contributed by atoms with Gasteiger partial charge in [0, 0.05) is 0 Å². The van der Waals surface area contributed by atoms with E-state index in [0.717, 1.165) is 17.3 Å². The van der Waals surface area contributed by atoms with Crippen LogP contribution in [-0.4, -0.2) is 0 Å². The average molecular weight is 281 g/mol. The lowest BCUT2D eigenvalue weighted by Gasteiger charge is -2.30. The smallest absolute Gasteiger partial charge is 0.00498 e. The van der Waals surface area contributed by atoms with E-state index in [1.54, 1.807) is 0 Å². The second-order valence-electron chi connectivity index (χ2n) is 5.39. The minimum Gasteiger partial charge on any atom is -0.0886 e. The highest BCUT2D eigenvalue weighted by atomic mass is 79.9. The van der Waals surface area contributed by atoms with Gasteiger partial charge in [0.2, 0.25) is 0 Å². The molecule has 0 heterocycles. The van der Waals surface area contributed by atoms with Gasteiger partial charge in [-0.05, 0) is 34.2 Å². The van der Waals surface area contributed by atoms with Crippen molar-refractivity contribution in [2.75, 3.05) is 0 Å². The van der Waals surface area contributed by atoms with E-state index < -0.39 is 0 Å². The summed E-state index contributed by atoms with van der Waals surface area (Å²) in [5.41, 5.74) is 1.68. The van der Waals surface area contributed by atoms with Crippen molar-refractivity contribution in [3.8, 4) is 0 Å². The van der Waals surface area contributed by atoms with E-state index >= 15 is 0 Å². The molecule has 1 heteroatoms. The van der Waals surface area contributed by atoms with Crippen molar-refractivity contribution in [3.63, 3.8) is 0 Å². The van der Waals surface area contributed by atoms with Gasteiger partial charge in [0.25, 0.3) is 0 Å². The summed E-state index contributed by atoms with van der Waals surface area (Å²) in [5.74, 6) is 0.521. The minimum atomic E-state index is 0.273. The topological polar surface area (TPSA) is 0 Å². The van der Waals surface area contributed by atoms with Crippen molar-refractivity contribution in [2.45, 2.75) is 33.6 Å². The summed E-state index contributed by atoms with van der Waals surface area (Å²) in [6.07, 6.45) is 2.27. The van der Waals surface area contributed by atoms with Crippen LogP contribution in [0, 0.1) is 11.3 Å². The maximum atomic E-state index is 4.05. The Balaban J connectivity index is 2.62. The van der Waals surface area contributed by atoms with Gasteiger partial charge in [-0.15, -0.1) is 0 Å². The molecule has 0 fully saturated rings. The van der Waals surface area contributed by atoms with E-state index in [2.05, 4.69) is 73.6 Å². The summed E-state index contributed by atoms with van der Waals surface area (Å²) in [7, 11) is 0. The van der Waals surface area contributed by atoms with Crippen LogP contribution in [-0.2, 0) is 6.42 Å². The Labute approximate surface area is 108 Å². The molecule has 1 aromatic carbocycles. The molecule has 0 amide bonds. The fraction of sp³-hybridized carbons (Fsp3) is 0.467. The van der Waals surface area contributed by atoms with Crippen LogP contribution in [0.4, 0.5) is 0 Å². The maximum absolute atomic E-state index is 4.05. The molecule has 1 atom stereocenters. The van der Waals surface area contributed by atoms with Crippen LogP contribution in [0.1, 0.15) is 32.8 Å². The van der Waals surface area contributed by atoms with Crippen molar-refractivity contribution < 1.29 is 0 Å². The van der Waals surface area contributed by atoms with Gasteiger partial charge >= 0.3 is 0 Å². The fourth-order valence-electron chi connectivity index (χ4n) is 2.02. The molecular weight excluding hydrogens is 260 g/mol. The van der Waals surface area contributed by atoms with Gasteiger partial charge in [0.05, 0.1) is 0 Å². The van der Waals surface area contributed by atoms with Crippen LogP contribution < -0.4 is 0 Å². The summed E-state index contributed by atoms with van der Waals surface area (Å²) in [6.45, 7) is 10.9. The Hall–Kier alpha value is -0.560. The summed E-state index contributed by atoms with van der Waals surface area (Å²) < 4.78 is 1.12. The maximum Gasteiger partial charge on any atom is -0.00498 e. The van der Waals surface area contributed by atoms with Gasteiger partial charge in [-0.2, -0.15) is 0 Å². The zero-order chi connectivity index (χ0) is 12.2. The fourth-order valence-corrected chi connectivity index (χ4v) is 2.93. The molecule has 0 N–H and O–H groups in total. The van der Waals surface area contributed by atoms with Crippen LogP contribution in [0.15, 0.2) is 41.4 Å². The van der Waals surface area contributed by atoms with Gasteiger partial charge in [-0.1, -0.05) is 73.6 Å². The molecule has 0 saturated heterocycles. The minimum absolute atomic E-state index is 0.273. The lowest BCUT2D eigenvalue weighted by Crippen LogP contribution is -2.21. The summed E-state index contributed by atoms with van der Waals surface area (Å²) in [6, 6.07) is 10.6. The Morgan fingerprint density at radius 3 is 2.25 bits per heavy atom. The van der Waals surface area contributed by atoms with E-state index in [0.29, 0.717) is 5.92 Å². The molecule has 1 unspecified atom stereocenters. The van der Waals surface area contributed by atoms with Gasteiger partial charge in [-0.25, -0.2) is 0 Å². The number of rotatable bonds is 4. The standard InChI is InChI=1S/C15H21Br/c1-12(16)14(15(2,3)4)11-10-13-8-6-5-7-9-13/h5-9,14H,1,10-11H2,2-4H3. The molecule has 0 radical (unpaired) electrons. The van der Waals surface area contributed by atoms with Crippen LogP contribution in [0.2, 0.25) is 0 Å². The van der Waals surface area contributed by atoms with E-state index in [1.807, 2.05) is 0 Å². The van der Waals surface area contributed by atoms with E-state index in [1.165, 1.54) is 5.56 Å². The molecule has 0 aliphatic rings. The number of hydrogen-bond acceptors (Lipinski definition) is 0. The Morgan fingerprint density at radius 1 is 1.25 bits per heavy atom. The van der Waals surface area contributed by atoms with Gasteiger partial charge in [-0.3, -0.25) is 0 Å². The van der Waals surface area contributed by atoms with Crippen molar-refractivity contribution in [1.29, 1.82) is 0 Å². The Bertz CT molecular complexity index is 332. The number of benzene rings is 1. The number of hydrogen-bond donors (Lipinski definition) is 0. The molecule has 0 saturated carbocycles. The lowest BCUT2D eigenvalue weighted by atomic mass is 9.77. The van der Waals surface area contributed by atoms with E-state index in [4.69, 9.17) is 0 Å². The third kappa shape index (κ3) is 4.13. The largest absolute Gasteiger partial charge is 0.0886 e. The number of aryl methyl sites for hydroxylation is 1. The van der Waals surface area contributed by atoms with E-state index in [-0.39, 0.29) is 5.41 Å². The normalized spacial score (nSPS) is 13.5. The van der Waals surface area contributed by atoms with Crippen LogP contribution >= 0.6 is 15.9 Å². The van der Waals surface area contributed by atoms with Crippen molar-refractivity contribution in [3.05, 3.63) is 47.0 Å². The van der Waals surface area contributed by atoms with Gasteiger partial charge in [0.1, 0.15) is 0 Å². The molecule has 16 heavy (non-hydrogen) atoms. The molecule has 0 aliphatic heterocycles. The monoisotopic (exact) mass is 280 g/mol. The van der Waals surface area contributed by atoms with Crippen molar-refractivity contribution >= 4 is 15.9 Å². The number of halogens is 1. The van der Waals surface area contributed by atoms with Crippen molar-refractivity contribution in [2.24, 2.45) is 11.3 Å². The predicted molar refractivity (Wildman–Crippen MR) is 75.8 cm³/mol. The molecule has 1 rings (SSSR count). The van der Waals surface area contributed by atoms with E-state index in [9.17, 15) is 0 Å². The second kappa shape index (κ2) is 5.67. The van der Waals surface area contributed by atoms with Crippen molar-refractivity contribution in [1.82, 2.24) is 0 Å². The van der Waals surface area contributed by atoms with Crippen LogP contribution in [0.5, 0.6) is 0 Å². The zero-order valence-electron chi connectivity index (χ0n) is 10.5. The molecule has 0 spiro atoms. The molecule has 0 aromatic heterocycles. The van der Waals surface area contributed by atoms with Gasteiger partial charge < -0.3 is 0 Å². The highest BCUT2D eigenvalue weighted by molar-refractivity contribution is 9.11. The van der Waals surface area contributed by atoms with Gasteiger partial charge in [0.15, 0.2) is 0 Å². The lowest BCUT2D eigenvalue weighted by molar-refractivity contribution is 0.275. The third-order valence-electron chi connectivity index (χ3n) is 2.99. The first-order valence-electron chi connectivity index (χ1n) is 5.79. The second-order valence-corrected chi connectivity index (χ2v) is 6.41. The number of allylic oxidation sites excluding steroid dienone is 1. The Kier molecular flexibility index (Phi) is 4.79. The average Bonchev–Trinajstić information content (AvgIpc) is 2.17. The van der Waals surface area contributed by atoms with Crippen LogP contribution in [0.25, 0.3) is 0 Å². The highest BCUT2D eigenvalue weighted by Gasteiger charge is 2.25. The zero-order valence-corrected chi connectivity index (χ0v) is 12.0. The molecule has 0 aliphatic carbocycles. The first-order chi connectivity index (χ1) is 7.41.